The highest BCUT2D eigenvalue weighted by Crippen LogP contribution is 2.28. The number of rotatable bonds is 3. The Hall–Kier alpha value is -1.79. The molecule has 0 bridgehead atoms. The summed E-state index contributed by atoms with van der Waals surface area (Å²) in [6.07, 6.45) is 3.48. The van der Waals surface area contributed by atoms with Crippen molar-refractivity contribution >= 4 is 27.1 Å². The minimum Gasteiger partial charge on any atom is -0.288 e. The number of sulfonamides is 1. The maximum Gasteiger partial charge on any atom is 0.215 e. The van der Waals surface area contributed by atoms with E-state index in [0.717, 1.165) is 27.6 Å². The molecule has 6 heteroatoms. The molecule has 0 amide bonds. The van der Waals surface area contributed by atoms with Crippen molar-refractivity contribution in [1.82, 2.24) is 9.71 Å². The normalized spacial score (nSPS) is 13.9. The van der Waals surface area contributed by atoms with E-state index in [1.54, 1.807) is 12.4 Å². The zero-order valence-electron chi connectivity index (χ0n) is 10.4. The third kappa shape index (κ3) is 2.13. The molecule has 5 nitrogen and oxygen atoms in total. The molecule has 0 saturated heterocycles. The van der Waals surface area contributed by atoms with Crippen LogP contribution < -0.4 is 4.72 Å². The van der Waals surface area contributed by atoms with Gasteiger partial charge in [0, 0.05) is 17.8 Å². The largest absolute Gasteiger partial charge is 0.288 e. The van der Waals surface area contributed by atoms with Crippen LogP contribution in [0.1, 0.15) is 16.7 Å². The lowest BCUT2D eigenvalue weighted by Gasteiger charge is -2.11. The second-order valence-electron chi connectivity index (χ2n) is 4.43. The number of aromatic nitrogens is 1. The van der Waals surface area contributed by atoms with Gasteiger partial charge in [-0.1, -0.05) is 6.07 Å². The lowest BCUT2D eigenvalue weighted by atomic mass is 9.99. The van der Waals surface area contributed by atoms with Crippen LogP contribution >= 0.6 is 0 Å². The van der Waals surface area contributed by atoms with E-state index in [4.69, 9.17) is 0 Å². The average molecular weight is 275 g/mol. The molecule has 1 aromatic carbocycles. The SMILES string of the molecule is CNS(=O)(=O)Cc1c2c(cc3ncccc13)C=NC2. The van der Waals surface area contributed by atoms with Crippen molar-refractivity contribution in [1.29, 1.82) is 0 Å². The number of nitrogens with one attached hydrogen (secondary N) is 1. The number of hydrogen-bond donors (Lipinski definition) is 1. The molecule has 2 heterocycles. The molecule has 0 fully saturated rings. The van der Waals surface area contributed by atoms with E-state index < -0.39 is 10.0 Å². The molecule has 3 rings (SSSR count). The highest BCUT2D eigenvalue weighted by atomic mass is 32.2. The summed E-state index contributed by atoms with van der Waals surface area (Å²) >= 11 is 0. The Kier molecular flexibility index (Phi) is 2.83. The predicted molar refractivity (Wildman–Crippen MR) is 74.7 cm³/mol. The highest BCUT2D eigenvalue weighted by Gasteiger charge is 2.20. The maximum atomic E-state index is 11.8. The van der Waals surface area contributed by atoms with E-state index in [0.29, 0.717) is 6.54 Å². The summed E-state index contributed by atoms with van der Waals surface area (Å²) in [5, 5.41) is 0.880. The molecule has 1 aliphatic heterocycles. The quantitative estimate of drug-likeness (QED) is 0.915. The van der Waals surface area contributed by atoms with Gasteiger partial charge < -0.3 is 0 Å². The molecule has 0 saturated carbocycles. The zero-order chi connectivity index (χ0) is 13.5. The molecule has 0 atom stereocenters. The first kappa shape index (κ1) is 12.3. The lowest BCUT2D eigenvalue weighted by Crippen LogP contribution is -2.21. The second-order valence-corrected chi connectivity index (χ2v) is 6.35. The molecular weight excluding hydrogens is 262 g/mol. The summed E-state index contributed by atoms with van der Waals surface area (Å²) < 4.78 is 26.0. The van der Waals surface area contributed by atoms with Crippen LogP contribution in [0.3, 0.4) is 0 Å². The third-order valence-corrected chi connectivity index (χ3v) is 4.58. The summed E-state index contributed by atoms with van der Waals surface area (Å²) in [4.78, 5) is 8.52. The van der Waals surface area contributed by atoms with Gasteiger partial charge in [0.1, 0.15) is 0 Å². The molecular formula is C13H13N3O2S. The van der Waals surface area contributed by atoms with Crippen LogP contribution in [0.15, 0.2) is 29.4 Å². The second kappa shape index (κ2) is 4.40. The number of aliphatic imine (C=N–C) groups is 1. The first-order valence-electron chi connectivity index (χ1n) is 5.91. The Morgan fingerprint density at radius 2 is 2.26 bits per heavy atom. The third-order valence-electron chi connectivity index (χ3n) is 3.29. The van der Waals surface area contributed by atoms with Gasteiger partial charge in [0.15, 0.2) is 0 Å². The Morgan fingerprint density at radius 1 is 1.42 bits per heavy atom. The van der Waals surface area contributed by atoms with Gasteiger partial charge in [-0.25, -0.2) is 13.1 Å². The number of pyridine rings is 1. The molecule has 0 aliphatic carbocycles. The van der Waals surface area contributed by atoms with E-state index >= 15 is 0 Å². The molecule has 1 aromatic heterocycles. The van der Waals surface area contributed by atoms with Crippen molar-refractivity contribution in [3.63, 3.8) is 0 Å². The van der Waals surface area contributed by atoms with E-state index in [1.807, 2.05) is 18.2 Å². The number of nitrogens with zero attached hydrogens (tertiary/aromatic N) is 2. The van der Waals surface area contributed by atoms with Crippen molar-refractivity contribution < 1.29 is 8.42 Å². The van der Waals surface area contributed by atoms with Crippen molar-refractivity contribution in [2.24, 2.45) is 4.99 Å². The predicted octanol–water partition coefficient (Wildman–Crippen LogP) is 1.22. The monoisotopic (exact) mass is 275 g/mol. The van der Waals surface area contributed by atoms with Crippen LogP contribution in [-0.4, -0.2) is 26.7 Å². The number of fused-ring (bicyclic) bond motifs is 2. The Labute approximate surface area is 111 Å². The molecule has 19 heavy (non-hydrogen) atoms. The van der Waals surface area contributed by atoms with Gasteiger partial charge in [-0.3, -0.25) is 9.98 Å². The summed E-state index contributed by atoms with van der Waals surface area (Å²) in [6, 6.07) is 5.68. The van der Waals surface area contributed by atoms with Crippen molar-refractivity contribution in [2.75, 3.05) is 7.05 Å². The Balaban J connectivity index is 2.27. The van der Waals surface area contributed by atoms with Crippen LogP contribution in [0.4, 0.5) is 0 Å². The van der Waals surface area contributed by atoms with Crippen LogP contribution in [0, 0.1) is 0 Å². The van der Waals surface area contributed by atoms with Gasteiger partial charge in [-0.05, 0) is 35.9 Å². The zero-order valence-corrected chi connectivity index (χ0v) is 11.2. The number of hydrogen-bond acceptors (Lipinski definition) is 4. The van der Waals surface area contributed by atoms with Crippen LogP contribution in [-0.2, 0) is 22.3 Å². The van der Waals surface area contributed by atoms with Crippen molar-refractivity contribution in [3.8, 4) is 0 Å². The van der Waals surface area contributed by atoms with Gasteiger partial charge >= 0.3 is 0 Å². The fraction of sp³-hybridized carbons (Fsp3) is 0.231. The van der Waals surface area contributed by atoms with E-state index in [9.17, 15) is 8.42 Å². The molecule has 1 N–H and O–H groups in total. The van der Waals surface area contributed by atoms with Crippen molar-refractivity contribution in [2.45, 2.75) is 12.3 Å². The summed E-state index contributed by atoms with van der Waals surface area (Å²) in [5.41, 5.74) is 3.55. The van der Waals surface area contributed by atoms with Crippen LogP contribution in [0.5, 0.6) is 0 Å². The Morgan fingerprint density at radius 3 is 3.05 bits per heavy atom. The lowest BCUT2D eigenvalue weighted by molar-refractivity contribution is 0.587. The topological polar surface area (TPSA) is 71.4 Å². The van der Waals surface area contributed by atoms with Crippen LogP contribution in [0.2, 0.25) is 0 Å². The minimum atomic E-state index is -3.32. The van der Waals surface area contributed by atoms with E-state index in [2.05, 4.69) is 14.7 Å². The van der Waals surface area contributed by atoms with E-state index in [-0.39, 0.29) is 5.75 Å². The molecule has 0 radical (unpaired) electrons. The smallest absolute Gasteiger partial charge is 0.215 e. The molecule has 1 aliphatic rings. The highest BCUT2D eigenvalue weighted by molar-refractivity contribution is 7.88. The fourth-order valence-corrected chi connectivity index (χ4v) is 3.18. The summed E-state index contributed by atoms with van der Waals surface area (Å²) in [7, 11) is -1.89. The molecule has 0 unspecified atom stereocenters. The molecule has 0 spiro atoms. The Bertz CT molecular complexity index is 782. The van der Waals surface area contributed by atoms with Gasteiger partial charge in [-0.15, -0.1) is 0 Å². The average Bonchev–Trinajstić information content (AvgIpc) is 2.86. The molecule has 98 valence electrons. The van der Waals surface area contributed by atoms with Gasteiger partial charge in [0.05, 0.1) is 17.8 Å². The minimum absolute atomic E-state index is 0.0434. The van der Waals surface area contributed by atoms with Gasteiger partial charge in [0.25, 0.3) is 0 Å². The summed E-state index contributed by atoms with van der Waals surface area (Å²) in [5.74, 6) is -0.0434. The first-order valence-corrected chi connectivity index (χ1v) is 7.56. The van der Waals surface area contributed by atoms with E-state index in [1.165, 1.54) is 7.05 Å². The summed E-state index contributed by atoms with van der Waals surface area (Å²) in [6.45, 7) is 0.536. The fourth-order valence-electron chi connectivity index (χ4n) is 2.32. The number of benzene rings is 1. The maximum absolute atomic E-state index is 11.8. The van der Waals surface area contributed by atoms with Crippen molar-refractivity contribution in [3.05, 3.63) is 41.1 Å². The van der Waals surface area contributed by atoms with Gasteiger partial charge in [0.2, 0.25) is 10.0 Å². The standard InChI is InChI=1S/C13H13N3O2S/c1-14-19(17,18)8-12-10-3-2-4-16-13(10)5-9-6-15-7-11(9)12/h2-6,14H,7-8H2,1H3. The van der Waals surface area contributed by atoms with Crippen LogP contribution in [0.25, 0.3) is 10.9 Å². The molecule has 2 aromatic rings. The first-order chi connectivity index (χ1) is 9.11. The van der Waals surface area contributed by atoms with Gasteiger partial charge in [-0.2, -0.15) is 0 Å².